The van der Waals surface area contributed by atoms with E-state index in [1.165, 1.54) is 0 Å². The van der Waals surface area contributed by atoms with E-state index in [2.05, 4.69) is 42.5 Å². The Bertz CT molecular complexity index is 1110. The number of anilines is 2. The highest BCUT2D eigenvalue weighted by Crippen LogP contribution is 2.26. The molecule has 0 radical (unpaired) electrons. The highest BCUT2D eigenvalue weighted by Gasteiger charge is 2.15. The van der Waals surface area contributed by atoms with Gasteiger partial charge >= 0.3 is 0 Å². The second kappa shape index (κ2) is 6.26. The van der Waals surface area contributed by atoms with Crippen LogP contribution in [0.3, 0.4) is 0 Å². The lowest BCUT2D eigenvalue weighted by atomic mass is 10.2. The molecule has 0 unspecified atom stereocenters. The third-order valence-corrected chi connectivity index (χ3v) is 4.41. The van der Waals surface area contributed by atoms with Crippen LogP contribution in [-0.2, 0) is 0 Å². The van der Waals surface area contributed by atoms with Gasteiger partial charge in [-0.05, 0) is 63.1 Å². The minimum Gasteiger partial charge on any atom is -0.337 e. The Morgan fingerprint density at radius 1 is 0.846 bits per heavy atom. The van der Waals surface area contributed by atoms with Gasteiger partial charge in [-0.2, -0.15) is 5.10 Å². The third-order valence-electron chi connectivity index (χ3n) is 4.41. The van der Waals surface area contributed by atoms with Crippen molar-refractivity contribution in [2.75, 3.05) is 5.32 Å². The van der Waals surface area contributed by atoms with Crippen LogP contribution in [0.2, 0.25) is 0 Å². The number of benzene rings is 2. The van der Waals surface area contributed by atoms with Crippen molar-refractivity contribution in [3.63, 3.8) is 0 Å². The highest BCUT2D eigenvalue weighted by molar-refractivity contribution is 5.80. The Balaban J connectivity index is 1.94. The summed E-state index contributed by atoms with van der Waals surface area (Å²) in [6.07, 6.45) is 0. The van der Waals surface area contributed by atoms with Gasteiger partial charge in [0, 0.05) is 11.4 Å². The van der Waals surface area contributed by atoms with Crippen LogP contribution in [0.4, 0.5) is 11.5 Å². The molecule has 0 aliphatic rings. The molecule has 0 saturated carbocycles. The van der Waals surface area contributed by atoms with Crippen LogP contribution in [0.15, 0.2) is 48.5 Å². The summed E-state index contributed by atoms with van der Waals surface area (Å²) < 4.78 is 1.85. The Hall–Kier alpha value is -3.21. The summed E-state index contributed by atoms with van der Waals surface area (Å²) in [6, 6.07) is 16.3. The lowest BCUT2D eigenvalue weighted by molar-refractivity contribution is 0.808. The van der Waals surface area contributed by atoms with Crippen molar-refractivity contribution >= 4 is 22.5 Å². The van der Waals surface area contributed by atoms with E-state index in [4.69, 9.17) is 9.97 Å². The largest absolute Gasteiger partial charge is 0.337 e. The number of rotatable bonds is 3. The maximum absolute atomic E-state index is 4.88. The van der Waals surface area contributed by atoms with E-state index < -0.39 is 0 Å². The monoisotopic (exact) mass is 343 g/mol. The molecule has 5 nitrogen and oxygen atoms in total. The van der Waals surface area contributed by atoms with Crippen molar-refractivity contribution in [3.8, 4) is 5.82 Å². The lowest BCUT2D eigenvalue weighted by Gasteiger charge is -2.14. The minimum atomic E-state index is 0.696. The average molecular weight is 343 g/mol. The first kappa shape index (κ1) is 16.3. The maximum atomic E-state index is 4.88. The normalized spacial score (nSPS) is 11.1. The zero-order valence-electron chi connectivity index (χ0n) is 15.4. The van der Waals surface area contributed by atoms with E-state index in [1.807, 2.05) is 48.9 Å². The Morgan fingerprint density at radius 2 is 1.65 bits per heavy atom. The van der Waals surface area contributed by atoms with Crippen molar-refractivity contribution in [2.45, 2.75) is 27.7 Å². The molecule has 0 bridgehead atoms. The fraction of sp³-hybridized carbons (Fsp3) is 0.190. The Kier molecular flexibility index (Phi) is 3.92. The van der Waals surface area contributed by atoms with Gasteiger partial charge in [-0.15, -0.1) is 0 Å². The lowest BCUT2D eigenvalue weighted by Crippen LogP contribution is -2.09. The summed E-state index contributed by atoms with van der Waals surface area (Å²) in [5.74, 6) is 1.40. The number of hydrogen-bond acceptors (Lipinski definition) is 4. The number of fused-ring (bicyclic) bond motifs is 1. The van der Waals surface area contributed by atoms with Crippen LogP contribution in [-0.4, -0.2) is 19.7 Å². The second-order valence-corrected chi connectivity index (χ2v) is 6.67. The zero-order chi connectivity index (χ0) is 18.3. The van der Waals surface area contributed by atoms with E-state index in [0.29, 0.717) is 11.6 Å². The van der Waals surface area contributed by atoms with Gasteiger partial charge in [0.2, 0.25) is 0 Å². The number of hydrogen-bond donors (Lipinski definition) is 1. The Labute approximate surface area is 152 Å². The van der Waals surface area contributed by atoms with E-state index in [1.54, 1.807) is 0 Å². The topological polar surface area (TPSA) is 55.6 Å². The zero-order valence-corrected chi connectivity index (χ0v) is 15.4. The molecule has 2 aromatic carbocycles. The second-order valence-electron chi connectivity index (χ2n) is 6.67. The summed E-state index contributed by atoms with van der Waals surface area (Å²) in [4.78, 5) is 9.73. The van der Waals surface area contributed by atoms with Gasteiger partial charge in [0.25, 0.3) is 0 Å². The third kappa shape index (κ3) is 2.92. The first-order chi connectivity index (χ1) is 12.5. The minimum absolute atomic E-state index is 0.696. The summed E-state index contributed by atoms with van der Waals surface area (Å²) >= 11 is 0. The van der Waals surface area contributed by atoms with Crippen molar-refractivity contribution in [1.29, 1.82) is 0 Å². The van der Waals surface area contributed by atoms with Gasteiger partial charge < -0.3 is 5.32 Å². The molecule has 0 aliphatic carbocycles. The van der Waals surface area contributed by atoms with Gasteiger partial charge in [0.15, 0.2) is 11.6 Å². The first-order valence-electron chi connectivity index (χ1n) is 8.66. The maximum Gasteiger partial charge on any atom is 0.197 e. The number of para-hydroxylation sites is 1. The molecule has 0 amide bonds. The average Bonchev–Trinajstić information content (AvgIpc) is 2.94. The summed E-state index contributed by atoms with van der Waals surface area (Å²) in [5, 5.41) is 8.06. The molecular formula is C21H21N5. The molecule has 130 valence electrons. The standard InChI is InChI=1S/C21H21N5/c1-13-9-10-18-19(11-13)24-21(26-16(4)12-15(3)25-26)20(23-18)22-17-8-6-5-7-14(17)2/h5-12H,1-4H3,(H,22,23). The molecule has 0 atom stereocenters. The van der Waals surface area contributed by atoms with Crippen LogP contribution >= 0.6 is 0 Å². The molecule has 4 rings (SSSR count). The molecule has 2 heterocycles. The predicted octanol–water partition coefficient (Wildman–Crippen LogP) is 4.79. The molecule has 2 aromatic heterocycles. The van der Waals surface area contributed by atoms with Gasteiger partial charge in [0.05, 0.1) is 16.7 Å². The van der Waals surface area contributed by atoms with E-state index in [-0.39, 0.29) is 0 Å². The van der Waals surface area contributed by atoms with Crippen molar-refractivity contribution in [1.82, 2.24) is 19.7 Å². The summed E-state index contributed by atoms with van der Waals surface area (Å²) in [7, 11) is 0. The number of aromatic nitrogens is 4. The molecule has 0 fully saturated rings. The molecule has 1 N–H and O–H groups in total. The van der Waals surface area contributed by atoms with Gasteiger partial charge in [-0.1, -0.05) is 24.3 Å². The molecule has 0 spiro atoms. The van der Waals surface area contributed by atoms with Crippen LogP contribution in [0.25, 0.3) is 16.9 Å². The molecule has 0 aliphatic heterocycles. The van der Waals surface area contributed by atoms with Gasteiger partial charge in [0.1, 0.15) is 0 Å². The van der Waals surface area contributed by atoms with Crippen molar-refractivity contribution in [3.05, 3.63) is 71.0 Å². The smallest absolute Gasteiger partial charge is 0.197 e. The first-order valence-corrected chi connectivity index (χ1v) is 8.66. The Morgan fingerprint density at radius 3 is 2.38 bits per heavy atom. The van der Waals surface area contributed by atoms with E-state index in [0.717, 1.165) is 39.2 Å². The number of nitrogens with zero attached hydrogens (tertiary/aromatic N) is 4. The highest BCUT2D eigenvalue weighted by atomic mass is 15.3. The van der Waals surface area contributed by atoms with Crippen molar-refractivity contribution in [2.24, 2.45) is 0 Å². The summed E-state index contributed by atoms with van der Waals surface area (Å²) in [5.41, 5.74) is 7.02. The molecule has 0 saturated heterocycles. The van der Waals surface area contributed by atoms with Crippen LogP contribution in [0.1, 0.15) is 22.5 Å². The molecule has 4 aromatic rings. The van der Waals surface area contributed by atoms with Crippen LogP contribution < -0.4 is 5.32 Å². The summed E-state index contributed by atoms with van der Waals surface area (Å²) in [6.45, 7) is 8.14. The fourth-order valence-corrected chi connectivity index (χ4v) is 3.07. The molecular weight excluding hydrogens is 322 g/mol. The molecule has 26 heavy (non-hydrogen) atoms. The van der Waals surface area contributed by atoms with E-state index in [9.17, 15) is 0 Å². The predicted molar refractivity (Wildman–Crippen MR) is 105 cm³/mol. The fourth-order valence-electron chi connectivity index (χ4n) is 3.07. The van der Waals surface area contributed by atoms with Crippen LogP contribution in [0, 0.1) is 27.7 Å². The SMILES string of the molecule is Cc1ccc2nc(Nc3ccccc3C)c(-n3nc(C)cc3C)nc2c1. The van der Waals surface area contributed by atoms with Crippen molar-refractivity contribution < 1.29 is 0 Å². The van der Waals surface area contributed by atoms with Gasteiger partial charge in [-0.25, -0.2) is 14.6 Å². The van der Waals surface area contributed by atoms with Gasteiger partial charge in [-0.3, -0.25) is 0 Å². The van der Waals surface area contributed by atoms with Crippen LogP contribution in [0.5, 0.6) is 0 Å². The number of aryl methyl sites for hydroxylation is 4. The van der Waals surface area contributed by atoms with E-state index >= 15 is 0 Å². The quantitative estimate of drug-likeness (QED) is 0.581. The molecule has 5 heteroatoms. The number of nitrogens with one attached hydrogen (secondary N) is 1.